The van der Waals surface area contributed by atoms with Crippen LogP contribution in [0, 0.1) is 5.92 Å². The SMILES string of the molecule is CC1C=CC(c2ccc(-c3nc(C4=CCCC=C4)nc(-n4c5ccccc5c5c(-c6ccc7sc8ccccc8c7c6)cc6c7ccccc7oc6c54)n3)cc2)=CC1. The summed E-state index contributed by atoms with van der Waals surface area (Å²) in [5, 5.41) is 6.90. The standard InChI is InChI=1S/C52H36N4OS/c1-31-19-21-32(22-20-31)33-23-25-35(26-24-33)51-53-50(34-11-3-2-4-12-34)54-52(55-51)56-43-16-8-5-15-39(43)47-40(30-42-37-13-6-9-17-44(37)57-49(42)48(47)56)36-27-28-46-41(29-36)38-14-7-10-18-45(38)58-46/h3,5-19,21-31H,2,4,20H2,1H3. The monoisotopic (exact) mass is 764 g/mol. The fourth-order valence-electron chi connectivity index (χ4n) is 8.91. The Morgan fingerprint density at radius 1 is 0.621 bits per heavy atom. The maximum atomic E-state index is 6.88. The van der Waals surface area contributed by atoms with E-state index in [4.69, 9.17) is 19.4 Å². The highest BCUT2D eigenvalue weighted by atomic mass is 32.1. The van der Waals surface area contributed by atoms with Gasteiger partial charge in [-0.15, -0.1) is 11.3 Å². The first kappa shape index (κ1) is 33.3. The Kier molecular flexibility index (Phi) is 7.50. The fraction of sp³-hybridized carbons (Fsp3) is 0.0962. The molecule has 5 nitrogen and oxygen atoms in total. The number of furan rings is 1. The number of benzene rings is 6. The van der Waals surface area contributed by atoms with Crippen LogP contribution in [0.1, 0.15) is 37.6 Å². The van der Waals surface area contributed by atoms with Gasteiger partial charge in [0, 0.05) is 52.9 Å². The number of para-hydroxylation sites is 2. The number of hydrogen-bond acceptors (Lipinski definition) is 5. The van der Waals surface area contributed by atoms with E-state index in [2.05, 4.69) is 163 Å². The molecule has 6 aromatic carbocycles. The molecule has 0 saturated heterocycles. The van der Waals surface area contributed by atoms with Gasteiger partial charge in [-0.2, -0.15) is 9.97 Å². The average molecular weight is 765 g/mol. The quantitative estimate of drug-likeness (QED) is 0.175. The molecule has 0 radical (unpaired) electrons. The number of aromatic nitrogens is 4. The molecule has 2 aliphatic carbocycles. The molecule has 0 aliphatic heterocycles. The lowest BCUT2D eigenvalue weighted by Gasteiger charge is -2.14. The first-order valence-corrected chi connectivity index (χ1v) is 20.9. The molecular weight excluding hydrogens is 729 g/mol. The molecule has 0 amide bonds. The Labute approximate surface area is 338 Å². The highest BCUT2D eigenvalue weighted by Gasteiger charge is 2.25. The molecule has 1 unspecified atom stereocenters. The zero-order valence-corrected chi connectivity index (χ0v) is 32.6. The number of thiophene rings is 1. The first-order valence-electron chi connectivity index (χ1n) is 20.1. The van der Waals surface area contributed by atoms with Crippen LogP contribution in [0.3, 0.4) is 0 Å². The molecule has 4 heterocycles. The number of nitrogens with zero attached hydrogens (tertiary/aromatic N) is 4. The molecule has 12 rings (SSSR count). The third-order valence-corrected chi connectivity index (χ3v) is 13.0. The summed E-state index contributed by atoms with van der Waals surface area (Å²) in [5.74, 6) is 2.41. The van der Waals surface area contributed by atoms with Crippen LogP contribution in [0.4, 0.5) is 0 Å². The van der Waals surface area contributed by atoms with E-state index in [1.807, 2.05) is 17.4 Å². The van der Waals surface area contributed by atoms with E-state index >= 15 is 0 Å². The topological polar surface area (TPSA) is 56.7 Å². The average Bonchev–Trinajstić information content (AvgIpc) is 3.96. The van der Waals surface area contributed by atoms with Crippen LogP contribution in [0.25, 0.3) is 104 Å². The molecule has 58 heavy (non-hydrogen) atoms. The number of rotatable bonds is 5. The van der Waals surface area contributed by atoms with Gasteiger partial charge < -0.3 is 4.42 Å². The van der Waals surface area contributed by atoms with Crippen molar-refractivity contribution in [2.45, 2.75) is 26.2 Å². The van der Waals surface area contributed by atoms with E-state index in [0.717, 1.165) is 85.3 Å². The summed E-state index contributed by atoms with van der Waals surface area (Å²) in [7, 11) is 0. The maximum absolute atomic E-state index is 6.88. The Hall–Kier alpha value is -6.89. The van der Waals surface area contributed by atoms with Gasteiger partial charge in [-0.1, -0.05) is 128 Å². The minimum absolute atomic E-state index is 0.556. The van der Waals surface area contributed by atoms with E-state index < -0.39 is 0 Å². The summed E-state index contributed by atoms with van der Waals surface area (Å²) in [4.78, 5) is 15.8. The van der Waals surface area contributed by atoms with Crippen molar-refractivity contribution in [2.24, 2.45) is 5.92 Å². The Balaban J connectivity index is 1.15. The summed E-state index contributed by atoms with van der Waals surface area (Å²) in [5.41, 5.74) is 10.3. The maximum Gasteiger partial charge on any atom is 0.238 e. The van der Waals surface area contributed by atoms with E-state index in [9.17, 15) is 0 Å². The molecule has 0 saturated carbocycles. The Morgan fingerprint density at radius 2 is 1.38 bits per heavy atom. The predicted octanol–water partition coefficient (Wildman–Crippen LogP) is 14.3. The molecule has 2 aliphatic rings. The van der Waals surface area contributed by atoms with Gasteiger partial charge in [0.1, 0.15) is 11.1 Å². The van der Waals surface area contributed by atoms with E-state index in [1.54, 1.807) is 0 Å². The summed E-state index contributed by atoms with van der Waals surface area (Å²) in [6.45, 7) is 2.25. The summed E-state index contributed by atoms with van der Waals surface area (Å²) in [6, 6.07) is 43.5. The van der Waals surface area contributed by atoms with Crippen LogP contribution in [-0.4, -0.2) is 19.5 Å². The molecule has 0 spiro atoms. The molecule has 1 atom stereocenters. The van der Waals surface area contributed by atoms with Crippen molar-refractivity contribution < 1.29 is 4.42 Å². The smallest absolute Gasteiger partial charge is 0.238 e. The zero-order valence-electron chi connectivity index (χ0n) is 31.8. The van der Waals surface area contributed by atoms with Gasteiger partial charge in [0.2, 0.25) is 5.95 Å². The molecule has 10 aromatic rings. The second kappa shape index (κ2) is 13.1. The lowest BCUT2D eigenvalue weighted by molar-refractivity contribution is 0.670. The largest absolute Gasteiger partial charge is 0.454 e. The zero-order chi connectivity index (χ0) is 38.3. The van der Waals surface area contributed by atoms with Crippen molar-refractivity contribution in [3.63, 3.8) is 0 Å². The van der Waals surface area contributed by atoms with Gasteiger partial charge in [0.05, 0.1) is 5.52 Å². The van der Waals surface area contributed by atoms with Crippen LogP contribution in [-0.2, 0) is 0 Å². The second-order valence-corrected chi connectivity index (χ2v) is 16.6. The third kappa shape index (κ3) is 5.25. The molecule has 6 heteroatoms. The van der Waals surface area contributed by atoms with Crippen LogP contribution in [0.5, 0.6) is 0 Å². The van der Waals surface area contributed by atoms with Gasteiger partial charge in [-0.25, -0.2) is 4.98 Å². The van der Waals surface area contributed by atoms with Crippen molar-refractivity contribution >= 4 is 86.4 Å². The first-order chi connectivity index (χ1) is 28.6. The van der Waals surface area contributed by atoms with Crippen LogP contribution in [0.15, 0.2) is 162 Å². The van der Waals surface area contributed by atoms with E-state index in [0.29, 0.717) is 23.5 Å². The lowest BCUT2D eigenvalue weighted by atomic mass is 9.94. The molecule has 4 aromatic heterocycles. The predicted molar refractivity (Wildman–Crippen MR) is 242 cm³/mol. The number of hydrogen-bond donors (Lipinski definition) is 0. The van der Waals surface area contributed by atoms with Crippen LogP contribution >= 0.6 is 11.3 Å². The summed E-state index contributed by atoms with van der Waals surface area (Å²) < 4.78 is 11.7. The summed E-state index contributed by atoms with van der Waals surface area (Å²) >= 11 is 1.84. The summed E-state index contributed by atoms with van der Waals surface area (Å²) in [6.07, 6.45) is 16.4. The highest BCUT2D eigenvalue weighted by molar-refractivity contribution is 7.25. The van der Waals surface area contributed by atoms with Gasteiger partial charge in [-0.3, -0.25) is 4.57 Å². The molecule has 0 N–H and O–H groups in total. The molecule has 276 valence electrons. The van der Waals surface area contributed by atoms with Crippen molar-refractivity contribution in [2.75, 3.05) is 0 Å². The van der Waals surface area contributed by atoms with Gasteiger partial charge in [0.25, 0.3) is 0 Å². The van der Waals surface area contributed by atoms with Crippen LogP contribution in [0.2, 0.25) is 0 Å². The Morgan fingerprint density at radius 3 is 2.22 bits per heavy atom. The normalized spacial score (nSPS) is 15.7. The van der Waals surface area contributed by atoms with Crippen molar-refractivity contribution in [3.8, 4) is 28.5 Å². The molecule has 0 bridgehead atoms. The van der Waals surface area contributed by atoms with Crippen molar-refractivity contribution in [1.82, 2.24) is 19.5 Å². The van der Waals surface area contributed by atoms with Gasteiger partial charge >= 0.3 is 0 Å². The highest BCUT2D eigenvalue weighted by Crippen LogP contribution is 2.46. The minimum atomic E-state index is 0.556. The molecule has 0 fully saturated rings. The second-order valence-electron chi connectivity index (χ2n) is 15.5. The Bertz CT molecular complexity index is 3450. The third-order valence-electron chi connectivity index (χ3n) is 11.8. The van der Waals surface area contributed by atoms with Crippen molar-refractivity contribution in [3.05, 3.63) is 169 Å². The molecular formula is C52H36N4OS. The van der Waals surface area contributed by atoms with Crippen molar-refractivity contribution in [1.29, 1.82) is 0 Å². The fourth-order valence-corrected chi connectivity index (χ4v) is 10.00. The van der Waals surface area contributed by atoms with Gasteiger partial charge in [-0.05, 0) is 83.8 Å². The van der Waals surface area contributed by atoms with E-state index in [1.165, 1.54) is 31.3 Å². The van der Waals surface area contributed by atoms with Crippen LogP contribution < -0.4 is 0 Å². The van der Waals surface area contributed by atoms with Gasteiger partial charge in [0.15, 0.2) is 17.2 Å². The minimum Gasteiger partial charge on any atom is -0.454 e. The number of fused-ring (bicyclic) bond motifs is 10. The lowest BCUT2D eigenvalue weighted by Crippen LogP contribution is -2.08. The van der Waals surface area contributed by atoms with E-state index in [-0.39, 0.29) is 0 Å². The number of allylic oxidation sites excluding steroid dienone is 8.